The summed E-state index contributed by atoms with van der Waals surface area (Å²) >= 11 is 7.56. The number of carboxylic acids is 1. The molecule has 0 fully saturated rings. The molecule has 6 heteroatoms. The highest BCUT2D eigenvalue weighted by molar-refractivity contribution is 7.99. The van der Waals surface area contributed by atoms with Crippen molar-refractivity contribution >= 4 is 35.3 Å². The molecular weight excluding hydrogens is 324 g/mol. The molecular formula is C16H13ClO4S. The fraction of sp³-hybridized carbons (Fsp3) is 0.125. The first kappa shape index (κ1) is 16.4. The zero-order chi connectivity index (χ0) is 16.1. The molecule has 2 rings (SSSR count). The first-order chi connectivity index (χ1) is 10.5. The van der Waals surface area contributed by atoms with Crippen LogP contribution in [0.4, 0.5) is 0 Å². The second kappa shape index (κ2) is 7.33. The van der Waals surface area contributed by atoms with Gasteiger partial charge in [0.1, 0.15) is 0 Å². The van der Waals surface area contributed by atoms with Gasteiger partial charge in [-0.3, -0.25) is 4.79 Å². The van der Waals surface area contributed by atoms with Gasteiger partial charge < -0.3 is 9.84 Å². The van der Waals surface area contributed by atoms with Crippen LogP contribution in [0.25, 0.3) is 0 Å². The van der Waals surface area contributed by atoms with Crippen LogP contribution in [-0.2, 0) is 16.0 Å². The highest BCUT2D eigenvalue weighted by Crippen LogP contribution is 2.31. The largest absolute Gasteiger partial charge is 0.481 e. The number of benzene rings is 2. The lowest BCUT2D eigenvalue weighted by molar-refractivity contribution is -0.136. The lowest BCUT2D eigenvalue weighted by Gasteiger charge is -2.06. The Morgan fingerprint density at radius 3 is 2.32 bits per heavy atom. The maximum Gasteiger partial charge on any atom is 0.337 e. The Labute approximate surface area is 137 Å². The molecule has 0 unspecified atom stereocenters. The number of halogens is 1. The van der Waals surface area contributed by atoms with Crippen molar-refractivity contribution in [2.75, 3.05) is 7.11 Å². The molecule has 0 amide bonds. The van der Waals surface area contributed by atoms with Crippen LogP contribution in [0.5, 0.6) is 0 Å². The van der Waals surface area contributed by atoms with E-state index in [2.05, 4.69) is 4.74 Å². The van der Waals surface area contributed by atoms with Crippen molar-refractivity contribution < 1.29 is 19.4 Å². The molecule has 22 heavy (non-hydrogen) atoms. The van der Waals surface area contributed by atoms with Crippen molar-refractivity contribution in [3.63, 3.8) is 0 Å². The summed E-state index contributed by atoms with van der Waals surface area (Å²) in [7, 11) is 1.34. The molecule has 0 bridgehead atoms. The van der Waals surface area contributed by atoms with Crippen molar-refractivity contribution in [3.8, 4) is 0 Å². The Balaban J connectivity index is 2.12. The second-order valence-corrected chi connectivity index (χ2v) is 6.00. The number of carbonyl (C=O) groups excluding carboxylic acids is 1. The van der Waals surface area contributed by atoms with E-state index in [0.29, 0.717) is 16.1 Å². The van der Waals surface area contributed by atoms with E-state index in [1.54, 1.807) is 24.3 Å². The van der Waals surface area contributed by atoms with E-state index in [1.165, 1.54) is 18.9 Å². The van der Waals surface area contributed by atoms with Gasteiger partial charge in [0.05, 0.1) is 19.1 Å². The number of hydrogen-bond donors (Lipinski definition) is 1. The summed E-state index contributed by atoms with van der Waals surface area (Å²) in [5.41, 5.74) is 1.07. The molecule has 0 spiro atoms. The normalized spacial score (nSPS) is 10.3. The lowest BCUT2D eigenvalue weighted by atomic mass is 10.1. The van der Waals surface area contributed by atoms with Gasteiger partial charge in [-0.1, -0.05) is 29.4 Å². The summed E-state index contributed by atoms with van der Waals surface area (Å²) in [4.78, 5) is 23.9. The Morgan fingerprint density at radius 2 is 1.77 bits per heavy atom. The van der Waals surface area contributed by atoms with Gasteiger partial charge in [-0.25, -0.2) is 4.79 Å². The second-order valence-electron chi connectivity index (χ2n) is 4.44. The monoisotopic (exact) mass is 336 g/mol. The van der Waals surface area contributed by atoms with Crippen molar-refractivity contribution in [2.45, 2.75) is 16.2 Å². The van der Waals surface area contributed by atoms with Crippen molar-refractivity contribution in [1.82, 2.24) is 0 Å². The highest BCUT2D eigenvalue weighted by Gasteiger charge is 2.08. The number of hydrogen-bond acceptors (Lipinski definition) is 4. The SMILES string of the molecule is COC(=O)c1ccc(Sc2ccc(CC(=O)O)c(Cl)c2)cc1. The molecule has 0 heterocycles. The van der Waals surface area contributed by atoms with Crippen LogP contribution >= 0.6 is 23.4 Å². The molecule has 0 aliphatic rings. The minimum atomic E-state index is -0.916. The average molecular weight is 337 g/mol. The molecule has 0 radical (unpaired) electrons. The Hall–Kier alpha value is -1.98. The Bertz CT molecular complexity index is 698. The van der Waals surface area contributed by atoms with E-state index in [9.17, 15) is 9.59 Å². The predicted molar refractivity (Wildman–Crippen MR) is 84.7 cm³/mol. The number of esters is 1. The van der Waals surface area contributed by atoms with E-state index in [-0.39, 0.29) is 12.4 Å². The summed E-state index contributed by atoms with van der Waals surface area (Å²) < 4.78 is 4.64. The number of carboxylic acid groups (broad SMARTS) is 1. The third-order valence-electron chi connectivity index (χ3n) is 2.88. The maximum absolute atomic E-state index is 11.4. The topological polar surface area (TPSA) is 63.6 Å². The van der Waals surface area contributed by atoms with Gasteiger partial charge in [0.25, 0.3) is 0 Å². The third-order valence-corrected chi connectivity index (χ3v) is 4.23. The van der Waals surface area contributed by atoms with Crippen molar-refractivity contribution in [1.29, 1.82) is 0 Å². The van der Waals surface area contributed by atoms with Crippen LogP contribution < -0.4 is 0 Å². The fourth-order valence-electron chi connectivity index (χ4n) is 1.81. The number of rotatable bonds is 5. The summed E-state index contributed by atoms with van der Waals surface area (Å²) in [6.45, 7) is 0. The fourth-order valence-corrected chi connectivity index (χ4v) is 2.98. The van der Waals surface area contributed by atoms with Crippen LogP contribution in [-0.4, -0.2) is 24.2 Å². The summed E-state index contributed by atoms with van der Waals surface area (Å²) in [5.74, 6) is -1.29. The minimum Gasteiger partial charge on any atom is -0.481 e. The quantitative estimate of drug-likeness (QED) is 0.839. The minimum absolute atomic E-state index is 0.0996. The molecule has 114 valence electrons. The number of aliphatic carboxylic acids is 1. The molecule has 2 aromatic carbocycles. The van der Waals surface area contributed by atoms with Gasteiger partial charge in [-0.2, -0.15) is 0 Å². The van der Waals surface area contributed by atoms with Crippen LogP contribution in [0.2, 0.25) is 5.02 Å². The van der Waals surface area contributed by atoms with Crippen LogP contribution in [0.1, 0.15) is 15.9 Å². The van der Waals surface area contributed by atoms with Gasteiger partial charge >= 0.3 is 11.9 Å². The zero-order valence-corrected chi connectivity index (χ0v) is 13.3. The lowest BCUT2D eigenvalue weighted by Crippen LogP contribution is -2.00. The van der Waals surface area contributed by atoms with E-state index in [0.717, 1.165) is 9.79 Å². The van der Waals surface area contributed by atoms with E-state index in [4.69, 9.17) is 16.7 Å². The van der Waals surface area contributed by atoms with Gasteiger partial charge in [-0.05, 0) is 42.0 Å². The molecule has 2 aromatic rings. The molecule has 4 nitrogen and oxygen atoms in total. The third kappa shape index (κ3) is 4.26. The summed E-state index contributed by atoms with van der Waals surface area (Å²) in [5, 5.41) is 9.21. The summed E-state index contributed by atoms with van der Waals surface area (Å²) in [6, 6.07) is 12.3. The molecule has 0 aromatic heterocycles. The van der Waals surface area contributed by atoms with E-state index < -0.39 is 5.97 Å². The zero-order valence-electron chi connectivity index (χ0n) is 11.7. The van der Waals surface area contributed by atoms with E-state index >= 15 is 0 Å². The number of carbonyl (C=O) groups is 2. The van der Waals surface area contributed by atoms with Gasteiger partial charge in [0, 0.05) is 14.8 Å². The Kier molecular flexibility index (Phi) is 5.46. The molecule has 1 N–H and O–H groups in total. The molecule has 0 saturated carbocycles. The van der Waals surface area contributed by atoms with Crippen molar-refractivity contribution in [2.24, 2.45) is 0 Å². The predicted octanol–water partition coefficient (Wildman–Crippen LogP) is 3.90. The van der Waals surface area contributed by atoms with E-state index in [1.807, 2.05) is 18.2 Å². The number of methoxy groups -OCH3 is 1. The smallest absolute Gasteiger partial charge is 0.337 e. The molecule has 0 saturated heterocycles. The molecule has 0 aliphatic carbocycles. The first-order valence-electron chi connectivity index (χ1n) is 6.36. The average Bonchev–Trinajstić information content (AvgIpc) is 2.49. The van der Waals surface area contributed by atoms with Crippen LogP contribution in [0.3, 0.4) is 0 Å². The van der Waals surface area contributed by atoms with Crippen LogP contribution in [0, 0.1) is 0 Å². The summed E-state index contributed by atoms with van der Waals surface area (Å²) in [6.07, 6.45) is -0.0996. The standard InChI is InChI=1S/C16H13ClO4S/c1-21-16(20)10-2-5-12(6-3-10)22-13-7-4-11(8-15(18)19)14(17)9-13/h2-7,9H,8H2,1H3,(H,18,19). The first-order valence-corrected chi connectivity index (χ1v) is 7.55. The highest BCUT2D eigenvalue weighted by atomic mass is 35.5. The molecule has 0 aliphatic heterocycles. The van der Waals surface area contributed by atoms with Gasteiger partial charge in [-0.15, -0.1) is 0 Å². The van der Waals surface area contributed by atoms with Crippen LogP contribution in [0.15, 0.2) is 52.3 Å². The maximum atomic E-state index is 11.4. The molecule has 0 atom stereocenters. The number of ether oxygens (including phenoxy) is 1. The van der Waals surface area contributed by atoms with Gasteiger partial charge in [0.2, 0.25) is 0 Å². The van der Waals surface area contributed by atoms with Crippen molar-refractivity contribution in [3.05, 3.63) is 58.6 Å². The Morgan fingerprint density at radius 1 is 1.14 bits per heavy atom. The van der Waals surface area contributed by atoms with Gasteiger partial charge in [0.15, 0.2) is 0 Å².